The van der Waals surface area contributed by atoms with E-state index in [1.165, 1.54) is 0 Å². The van der Waals surface area contributed by atoms with Crippen LogP contribution in [0, 0.1) is 5.92 Å². The molecule has 1 saturated heterocycles. The van der Waals surface area contributed by atoms with E-state index in [4.69, 9.17) is 0 Å². The number of aromatic nitrogens is 2. The van der Waals surface area contributed by atoms with Gasteiger partial charge in [-0.05, 0) is 25.1 Å². The van der Waals surface area contributed by atoms with E-state index in [0.29, 0.717) is 5.82 Å². The fourth-order valence-electron chi connectivity index (χ4n) is 2.22. The Kier molecular flexibility index (Phi) is 3.29. The number of carbonyl (C=O) groups excluding carboxylic acids is 1. The molecule has 1 aliphatic rings. The molecule has 19 heavy (non-hydrogen) atoms. The zero-order valence-corrected chi connectivity index (χ0v) is 10.5. The monoisotopic (exact) mass is 256 g/mol. The Labute approximate surface area is 111 Å². The molecule has 2 aromatic rings. The SMILES string of the molecule is O=C(Nc1ccn(-c2ccccc2)n1)C1CCNC1. The summed E-state index contributed by atoms with van der Waals surface area (Å²) in [4.78, 5) is 12.0. The van der Waals surface area contributed by atoms with Crippen LogP contribution in [0.4, 0.5) is 5.82 Å². The molecule has 5 heteroatoms. The highest BCUT2D eigenvalue weighted by atomic mass is 16.2. The maximum Gasteiger partial charge on any atom is 0.230 e. The highest BCUT2D eigenvalue weighted by Gasteiger charge is 2.22. The van der Waals surface area contributed by atoms with Crippen LogP contribution in [0.1, 0.15) is 6.42 Å². The summed E-state index contributed by atoms with van der Waals surface area (Å²) < 4.78 is 1.75. The molecule has 1 amide bonds. The topological polar surface area (TPSA) is 59.0 Å². The summed E-state index contributed by atoms with van der Waals surface area (Å²) in [5.74, 6) is 0.700. The normalized spacial score (nSPS) is 18.4. The third-order valence-corrected chi connectivity index (χ3v) is 3.29. The molecule has 0 saturated carbocycles. The van der Waals surface area contributed by atoms with Crippen LogP contribution in [0.3, 0.4) is 0 Å². The number of rotatable bonds is 3. The number of anilines is 1. The first-order valence-electron chi connectivity index (χ1n) is 6.45. The number of nitrogens with zero attached hydrogens (tertiary/aromatic N) is 2. The molecule has 0 radical (unpaired) electrons. The molecule has 1 aromatic carbocycles. The van der Waals surface area contributed by atoms with Gasteiger partial charge in [0.15, 0.2) is 5.82 Å². The van der Waals surface area contributed by atoms with Gasteiger partial charge < -0.3 is 10.6 Å². The molecular weight excluding hydrogens is 240 g/mol. The molecule has 2 N–H and O–H groups in total. The van der Waals surface area contributed by atoms with Gasteiger partial charge in [-0.1, -0.05) is 18.2 Å². The molecular formula is C14H16N4O. The average Bonchev–Trinajstić information content (AvgIpc) is 3.11. The molecule has 1 aliphatic heterocycles. The van der Waals surface area contributed by atoms with Crippen molar-refractivity contribution in [1.82, 2.24) is 15.1 Å². The van der Waals surface area contributed by atoms with Crippen molar-refractivity contribution in [2.24, 2.45) is 5.92 Å². The van der Waals surface area contributed by atoms with E-state index in [1.54, 1.807) is 4.68 Å². The molecule has 2 heterocycles. The van der Waals surface area contributed by atoms with Gasteiger partial charge in [0.2, 0.25) is 5.91 Å². The first kappa shape index (κ1) is 11.9. The van der Waals surface area contributed by atoms with Gasteiger partial charge in [-0.15, -0.1) is 0 Å². The van der Waals surface area contributed by atoms with Crippen LogP contribution in [-0.4, -0.2) is 28.8 Å². The number of carbonyl (C=O) groups is 1. The summed E-state index contributed by atoms with van der Waals surface area (Å²) in [6.45, 7) is 1.67. The first-order valence-corrected chi connectivity index (χ1v) is 6.45. The van der Waals surface area contributed by atoms with Crippen molar-refractivity contribution in [2.45, 2.75) is 6.42 Å². The van der Waals surface area contributed by atoms with Gasteiger partial charge in [0.25, 0.3) is 0 Å². The van der Waals surface area contributed by atoms with Gasteiger partial charge in [0, 0.05) is 18.8 Å². The summed E-state index contributed by atoms with van der Waals surface area (Å²) in [5.41, 5.74) is 0.977. The number of para-hydroxylation sites is 1. The maximum absolute atomic E-state index is 12.0. The summed E-state index contributed by atoms with van der Waals surface area (Å²) in [6, 6.07) is 11.6. The standard InChI is InChI=1S/C14H16N4O/c19-14(11-6-8-15-10-11)16-13-7-9-18(17-13)12-4-2-1-3-5-12/h1-5,7,9,11,15H,6,8,10H2,(H,16,17,19). The number of hydrogen-bond acceptors (Lipinski definition) is 3. The Morgan fingerprint density at radius 2 is 2.16 bits per heavy atom. The average molecular weight is 256 g/mol. The second kappa shape index (κ2) is 5.24. The van der Waals surface area contributed by atoms with Crippen molar-refractivity contribution in [3.05, 3.63) is 42.6 Å². The molecule has 1 atom stereocenters. The van der Waals surface area contributed by atoms with E-state index >= 15 is 0 Å². The van der Waals surface area contributed by atoms with Gasteiger partial charge in [0.1, 0.15) is 0 Å². The van der Waals surface area contributed by atoms with E-state index in [0.717, 1.165) is 25.2 Å². The number of amides is 1. The number of nitrogens with one attached hydrogen (secondary N) is 2. The van der Waals surface area contributed by atoms with Crippen LogP contribution in [0.25, 0.3) is 5.69 Å². The predicted octanol–water partition coefficient (Wildman–Crippen LogP) is 1.42. The third kappa shape index (κ3) is 2.66. The maximum atomic E-state index is 12.0. The van der Waals surface area contributed by atoms with E-state index in [1.807, 2.05) is 42.6 Å². The smallest absolute Gasteiger partial charge is 0.230 e. The van der Waals surface area contributed by atoms with Gasteiger partial charge >= 0.3 is 0 Å². The van der Waals surface area contributed by atoms with E-state index < -0.39 is 0 Å². The van der Waals surface area contributed by atoms with E-state index in [9.17, 15) is 4.79 Å². The Balaban J connectivity index is 1.70. The zero-order valence-electron chi connectivity index (χ0n) is 10.5. The van der Waals surface area contributed by atoms with Gasteiger partial charge in [-0.3, -0.25) is 4.79 Å². The van der Waals surface area contributed by atoms with Gasteiger partial charge in [-0.2, -0.15) is 5.10 Å². The van der Waals surface area contributed by atoms with Crippen LogP contribution >= 0.6 is 0 Å². The van der Waals surface area contributed by atoms with E-state index in [-0.39, 0.29) is 11.8 Å². The van der Waals surface area contributed by atoms with Crippen molar-refractivity contribution in [2.75, 3.05) is 18.4 Å². The van der Waals surface area contributed by atoms with Crippen molar-refractivity contribution in [3.8, 4) is 5.69 Å². The lowest BCUT2D eigenvalue weighted by Crippen LogP contribution is -2.24. The molecule has 1 aromatic heterocycles. The minimum Gasteiger partial charge on any atom is -0.316 e. The fraction of sp³-hybridized carbons (Fsp3) is 0.286. The van der Waals surface area contributed by atoms with Crippen LogP contribution in [0.15, 0.2) is 42.6 Å². The summed E-state index contributed by atoms with van der Waals surface area (Å²) in [6.07, 6.45) is 2.74. The Hall–Kier alpha value is -2.14. The molecule has 0 spiro atoms. The molecule has 1 unspecified atom stereocenters. The predicted molar refractivity (Wildman–Crippen MR) is 73.2 cm³/mol. The lowest BCUT2D eigenvalue weighted by Gasteiger charge is -2.07. The number of hydrogen-bond donors (Lipinski definition) is 2. The quantitative estimate of drug-likeness (QED) is 0.873. The first-order chi connectivity index (χ1) is 9.33. The van der Waals surface area contributed by atoms with Crippen molar-refractivity contribution < 1.29 is 4.79 Å². The lowest BCUT2D eigenvalue weighted by atomic mass is 10.1. The highest BCUT2D eigenvalue weighted by molar-refractivity contribution is 5.92. The molecule has 5 nitrogen and oxygen atoms in total. The second-order valence-electron chi connectivity index (χ2n) is 4.66. The lowest BCUT2D eigenvalue weighted by molar-refractivity contribution is -0.119. The summed E-state index contributed by atoms with van der Waals surface area (Å²) in [5, 5.41) is 10.4. The molecule has 0 bridgehead atoms. The van der Waals surface area contributed by atoms with Gasteiger partial charge in [0.05, 0.1) is 11.6 Å². The van der Waals surface area contributed by atoms with Crippen molar-refractivity contribution >= 4 is 11.7 Å². The summed E-state index contributed by atoms with van der Waals surface area (Å²) in [7, 11) is 0. The Bertz CT molecular complexity index is 558. The Morgan fingerprint density at radius 1 is 1.32 bits per heavy atom. The van der Waals surface area contributed by atoms with E-state index in [2.05, 4.69) is 15.7 Å². The van der Waals surface area contributed by atoms with Crippen LogP contribution < -0.4 is 10.6 Å². The van der Waals surface area contributed by atoms with Crippen LogP contribution in [-0.2, 0) is 4.79 Å². The van der Waals surface area contributed by atoms with Crippen molar-refractivity contribution in [3.63, 3.8) is 0 Å². The minimum atomic E-state index is 0.0447. The summed E-state index contributed by atoms with van der Waals surface area (Å²) >= 11 is 0. The fourth-order valence-corrected chi connectivity index (χ4v) is 2.22. The zero-order chi connectivity index (χ0) is 13.1. The third-order valence-electron chi connectivity index (χ3n) is 3.29. The molecule has 1 fully saturated rings. The van der Waals surface area contributed by atoms with Gasteiger partial charge in [-0.25, -0.2) is 4.68 Å². The van der Waals surface area contributed by atoms with Crippen molar-refractivity contribution in [1.29, 1.82) is 0 Å². The Morgan fingerprint density at radius 3 is 2.89 bits per heavy atom. The second-order valence-corrected chi connectivity index (χ2v) is 4.66. The largest absolute Gasteiger partial charge is 0.316 e. The van der Waals surface area contributed by atoms with Crippen LogP contribution in [0.5, 0.6) is 0 Å². The molecule has 3 rings (SSSR count). The molecule has 98 valence electrons. The minimum absolute atomic E-state index is 0.0447. The highest BCUT2D eigenvalue weighted by Crippen LogP contribution is 2.13. The van der Waals surface area contributed by atoms with Crippen LogP contribution in [0.2, 0.25) is 0 Å². The number of benzene rings is 1. The molecule has 0 aliphatic carbocycles.